The number of nitrogens with zero attached hydrogens (tertiary/aromatic N) is 2. The van der Waals surface area contributed by atoms with Crippen molar-refractivity contribution < 1.29 is 9.59 Å². The molecule has 1 heterocycles. The van der Waals surface area contributed by atoms with Crippen LogP contribution in [0.1, 0.15) is 40.0 Å². The Morgan fingerprint density at radius 3 is 2.62 bits per heavy atom. The molecule has 122 valence electrons. The van der Waals surface area contributed by atoms with Gasteiger partial charge in [0.1, 0.15) is 0 Å². The number of nitrogens with one attached hydrogen (secondary N) is 2. The number of imide groups is 1. The average Bonchev–Trinajstić information content (AvgIpc) is 2.84. The standard InChI is InChI=1S/C15H30N4O2/c1-6-18(5)10-9-13-8-7-11(2)19(13)15(21)17-14(20)12(3)16-4/h11-13,16H,6-10H2,1-5H3,(H,17,20,21). The molecular formula is C15H30N4O2. The molecule has 3 atom stereocenters. The van der Waals surface area contributed by atoms with E-state index in [-0.39, 0.29) is 30.1 Å². The first-order valence-corrected chi connectivity index (χ1v) is 7.89. The van der Waals surface area contributed by atoms with E-state index in [1.54, 1.807) is 14.0 Å². The van der Waals surface area contributed by atoms with Gasteiger partial charge in [-0.3, -0.25) is 10.1 Å². The van der Waals surface area contributed by atoms with Gasteiger partial charge in [0.15, 0.2) is 0 Å². The van der Waals surface area contributed by atoms with Crippen LogP contribution in [0.25, 0.3) is 0 Å². The highest BCUT2D eigenvalue weighted by atomic mass is 16.2. The average molecular weight is 298 g/mol. The largest absolute Gasteiger partial charge is 0.324 e. The van der Waals surface area contributed by atoms with Gasteiger partial charge >= 0.3 is 6.03 Å². The summed E-state index contributed by atoms with van der Waals surface area (Å²) in [5.74, 6) is -0.272. The molecule has 0 aromatic carbocycles. The van der Waals surface area contributed by atoms with Crippen molar-refractivity contribution in [1.29, 1.82) is 0 Å². The number of amides is 3. The van der Waals surface area contributed by atoms with Crippen LogP contribution in [0.4, 0.5) is 4.79 Å². The molecule has 1 aliphatic heterocycles. The van der Waals surface area contributed by atoms with Crippen LogP contribution in [0.2, 0.25) is 0 Å². The van der Waals surface area contributed by atoms with E-state index in [0.29, 0.717) is 0 Å². The summed E-state index contributed by atoms with van der Waals surface area (Å²) in [6, 6.07) is -0.195. The number of carbonyl (C=O) groups excluding carboxylic acids is 2. The van der Waals surface area contributed by atoms with E-state index < -0.39 is 0 Å². The molecule has 0 aromatic heterocycles. The van der Waals surface area contributed by atoms with Gasteiger partial charge in [-0.2, -0.15) is 0 Å². The van der Waals surface area contributed by atoms with E-state index in [1.807, 2.05) is 4.90 Å². The number of hydrogen-bond donors (Lipinski definition) is 2. The molecule has 6 heteroatoms. The molecule has 3 amide bonds. The van der Waals surface area contributed by atoms with Crippen molar-refractivity contribution >= 4 is 11.9 Å². The monoisotopic (exact) mass is 298 g/mol. The van der Waals surface area contributed by atoms with E-state index in [2.05, 4.69) is 36.4 Å². The van der Waals surface area contributed by atoms with E-state index in [9.17, 15) is 9.59 Å². The van der Waals surface area contributed by atoms with Crippen molar-refractivity contribution in [2.45, 2.75) is 58.2 Å². The van der Waals surface area contributed by atoms with E-state index >= 15 is 0 Å². The minimum atomic E-state index is -0.364. The summed E-state index contributed by atoms with van der Waals surface area (Å²) in [4.78, 5) is 28.3. The maximum atomic E-state index is 12.4. The molecule has 1 saturated heterocycles. The number of hydrogen-bond acceptors (Lipinski definition) is 4. The van der Waals surface area contributed by atoms with Crippen LogP contribution in [0.5, 0.6) is 0 Å². The molecule has 2 N–H and O–H groups in total. The van der Waals surface area contributed by atoms with Gasteiger partial charge < -0.3 is 15.1 Å². The normalized spacial score (nSPS) is 23.4. The molecular weight excluding hydrogens is 268 g/mol. The zero-order valence-corrected chi connectivity index (χ0v) is 14.0. The summed E-state index contributed by atoms with van der Waals surface area (Å²) in [6.07, 6.45) is 2.98. The lowest BCUT2D eigenvalue weighted by Crippen LogP contribution is -2.52. The molecule has 3 unspecified atom stereocenters. The van der Waals surface area contributed by atoms with Crippen LogP contribution in [-0.2, 0) is 4.79 Å². The Morgan fingerprint density at radius 2 is 2.05 bits per heavy atom. The highest BCUT2D eigenvalue weighted by molar-refractivity contribution is 5.97. The number of rotatable bonds is 6. The van der Waals surface area contributed by atoms with Crippen molar-refractivity contribution in [3.05, 3.63) is 0 Å². The Labute approximate surface area is 128 Å². The molecule has 0 radical (unpaired) electrons. The second-order valence-corrected chi connectivity index (χ2v) is 5.98. The Balaban J connectivity index is 2.59. The van der Waals surface area contributed by atoms with Crippen LogP contribution >= 0.6 is 0 Å². The van der Waals surface area contributed by atoms with E-state index in [1.165, 1.54) is 0 Å². The highest BCUT2D eigenvalue weighted by Crippen LogP contribution is 2.26. The first-order chi connectivity index (χ1) is 9.90. The molecule has 0 aromatic rings. The van der Waals surface area contributed by atoms with Crippen molar-refractivity contribution in [3.8, 4) is 0 Å². The summed E-state index contributed by atoms with van der Waals surface area (Å²) in [5, 5.41) is 5.35. The lowest BCUT2D eigenvalue weighted by Gasteiger charge is -2.30. The molecule has 1 rings (SSSR count). The van der Waals surface area contributed by atoms with Crippen molar-refractivity contribution in [2.24, 2.45) is 0 Å². The summed E-state index contributed by atoms with van der Waals surface area (Å²) in [7, 11) is 3.79. The molecule has 0 saturated carbocycles. The minimum absolute atomic E-state index is 0.194. The smallest absolute Gasteiger partial charge is 0.319 e. The maximum Gasteiger partial charge on any atom is 0.324 e. The SMILES string of the molecule is CCN(C)CCC1CCC(C)N1C(=O)NC(=O)C(C)NC. The zero-order valence-electron chi connectivity index (χ0n) is 14.0. The molecule has 1 fully saturated rings. The fraction of sp³-hybridized carbons (Fsp3) is 0.867. The lowest BCUT2D eigenvalue weighted by atomic mass is 10.1. The van der Waals surface area contributed by atoms with Crippen molar-refractivity contribution in [3.63, 3.8) is 0 Å². The number of carbonyl (C=O) groups is 2. The maximum absolute atomic E-state index is 12.4. The van der Waals surface area contributed by atoms with E-state index in [4.69, 9.17) is 0 Å². The molecule has 0 aliphatic carbocycles. The fourth-order valence-electron chi connectivity index (χ4n) is 2.66. The molecule has 1 aliphatic rings. The summed E-state index contributed by atoms with van der Waals surface area (Å²) in [5.41, 5.74) is 0. The third-order valence-corrected chi connectivity index (χ3v) is 4.46. The third kappa shape index (κ3) is 4.97. The molecule has 0 bridgehead atoms. The summed E-state index contributed by atoms with van der Waals surface area (Å²) < 4.78 is 0. The van der Waals surface area contributed by atoms with Gasteiger partial charge in [0.05, 0.1) is 6.04 Å². The zero-order chi connectivity index (χ0) is 16.0. The Hall–Kier alpha value is -1.14. The van der Waals surface area contributed by atoms with Gasteiger partial charge in [-0.1, -0.05) is 6.92 Å². The van der Waals surface area contributed by atoms with Crippen LogP contribution in [0.3, 0.4) is 0 Å². The van der Waals surface area contributed by atoms with Crippen molar-refractivity contribution in [1.82, 2.24) is 20.4 Å². The van der Waals surface area contributed by atoms with Crippen LogP contribution in [0.15, 0.2) is 0 Å². The van der Waals surface area contributed by atoms with E-state index in [0.717, 1.165) is 32.4 Å². The van der Waals surface area contributed by atoms with Gasteiger partial charge in [-0.05, 0) is 60.3 Å². The van der Waals surface area contributed by atoms with Gasteiger partial charge in [0.25, 0.3) is 0 Å². The minimum Gasteiger partial charge on any atom is -0.319 e. The van der Waals surface area contributed by atoms with Crippen LogP contribution in [-0.4, -0.2) is 67.0 Å². The van der Waals surface area contributed by atoms with Crippen molar-refractivity contribution in [2.75, 3.05) is 27.2 Å². The van der Waals surface area contributed by atoms with Crippen LogP contribution < -0.4 is 10.6 Å². The summed E-state index contributed by atoms with van der Waals surface area (Å²) >= 11 is 0. The van der Waals surface area contributed by atoms with Gasteiger partial charge in [0, 0.05) is 12.1 Å². The predicted molar refractivity (Wildman–Crippen MR) is 84.2 cm³/mol. The fourth-order valence-corrected chi connectivity index (χ4v) is 2.66. The van der Waals surface area contributed by atoms with Gasteiger partial charge in [-0.15, -0.1) is 0 Å². The second-order valence-electron chi connectivity index (χ2n) is 5.98. The Bertz CT molecular complexity index is 362. The highest BCUT2D eigenvalue weighted by Gasteiger charge is 2.35. The quantitative estimate of drug-likeness (QED) is 0.768. The number of likely N-dealkylation sites (N-methyl/N-ethyl adjacent to an activating group) is 1. The first-order valence-electron chi connectivity index (χ1n) is 7.89. The molecule has 21 heavy (non-hydrogen) atoms. The number of likely N-dealkylation sites (tertiary alicyclic amines) is 1. The molecule has 0 spiro atoms. The van der Waals surface area contributed by atoms with Gasteiger partial charge in [0.2, 0.25) is 5.91 Å². The van der Waals surface area contributed by atoms with Gasteiger partial charge in [-0.25, -0.2) is 4.79 Å². The first kappa shape index (κ1) is 17.9. The Kier molecular flexibility index (Phi) is 7.11. The Morgan fingerprint density at radius 1 is 1.38 bits per heavy atom. The topological polar surface area (TPSA) is 64.7 Å². The van der Waals surface area contributed by atoms with Crippen LogP contribution in [0, 0.1) is 0 Å². The lowest BCUT2D eigenvalue weighted by molar-refractivity contribution is -0.121. The summed E-state index contributed by atoms with van der Waals surface area (Å²) in [6.45, 7) is 7.89. The number of urea groups is 1. The molecule has 6 nitrogen and oxygen atoms in total. The predicted octanol–water partition coefficient (Wildman–Crippen LogP) is 1.03. The third-order valence-electron chi connectivity index (χ3n) is 4.46. The second kappa shape index (κ2) is 8.34.